The van der Waals surface area contributed by atoms with Crippen LogP contribution in [0.2, 0.25) is 0 Å². The Hall–Kier alpha value is 0.160. The van der Waals surface area contributed by atoms with Gasteiger partial charge in [-0.25, -0.2) is 8.42 Å². The number of nitrogens with zero attached hydrogens (tertiary/aromatic N) is 1. The summed E-state index contributed by atoms with van der Waals surface area (Å²) in [5.74, 6) is 0.414. The molecule has 0 bridgehead atoms. The highest BCUT2D eigenvalue weighted by Crippen LogP contribution is 2.11. The maximum Gasteiger partial charge on any atom is 0.215 e. The van der Waals surface area contributed by atoms with Crippen molar-refractivity contribution in [2.75, 3.05) is 37.9 Å². The predicted molar refractivity (Wildman–Crippen MR) is 56.1 cm³/mol. The summed E-state index contributed by atoms with van der Waals surface area (Å²) in [6.45, 7) is 4.08. The van der Waals surface area contributed by atoms with Gasteiger partial charge in [0.25, 0.3) is 0 Å². The molecule has 0 aromatic carbocycles. The molecule has 4 nitrogen and oxygen atoms in total. The van der Waals surface area contributed by atoms with Crippen LogP contribution in [0.5, 0.6) is 0 Å². The molecule has 0 spiro atoms. The van der Waals surface area contributed by atoms with E-state index in [1.54, 1.807) is 0 Å². The normalized spacial score (nSPS) is 26.0. The van der Waals surface area contributed by atoms with E-state index in [9.17, 15) is 8.42 Å². The molecule has 1 rings (SSSR count). The third kappa shape index (κ3) is 3.38. The summed E-state index contributed by atoms with van der Waals surface area (Å²) in [6, 6.07) is 0. The van der Waals surface area contributed by atoms with Crippen LogP contribution in [-0.4, -0.2) is 50.7 Å². The Bertz CT molecular complexity index is 268. The minimum Gasteiger partial charge on any atom is -0.380 e. The van der Waals surface area contributed by atoms with Gasteiger partial charge in [-0.05, 0) is 5.92 Å². The van der Waals surface area contributed by atoms with Gasteiger partial charge >= 0.3 is 0 Å². The highest BCUT2D eigenvalue weighted by atomic mass is 35.5. The van der Waals surface area contributed by atoms with E-state index in [-0.39, 0.29) is 17.6 Å². The molecular weight excluding hydrogens is 226 g/mol. The first-order chi connectivity index (χ1) is 6.56. The summed E-state index contributed by atoms with van der Waals surface area (Å²) in [6.07, 6.45) is 0. The van der Waals surface area contributed by atoms with Crippen LogP contribution in [0.15, 0.2) is 0 Å². The number of ether oxygens (including phenoxy) is 1. The molecule has 1 saturated heterocycles. The Kier molecular flexibility index (Phi) is 4.63. The first-order valence-electron chi connectivity index (χ1n) is 4.68. The van der Waals surface area contributed by atoms with Crippen LogP contribution in [-0.2, 0) is 14.8 Å². The molecule has 1 aliphatic rings. The van der Waals surface area contributed by atoms with Gasteiger partial charge in [0.05, 0.1) is 19.0 Å². The molecule has 1 fully saturated rings. The van der Waals surface area contributed by atoms with E-state index in [0.29, 0.717) is 26.3 Å². The molecule has 0 aromatic rings. The van der Waals surface area contributed by atoms with Crippen LogP contribution in [0.4, 0.5) is 0 Å². The number of hydrogen-bond donors (Lipinski definition) is 0. The molecule has 0 saturated carbocycles. The molecule has 14 heavy (non-hydrogen) atoms. The van der Waals surface area contributed by atoms with Gasteiger partial charge in [-0.15, -0.1) is 11.6 Å². The Morgan fingerprint density at radius 3 is 2.93 bits per heavy atom. The third-order valence-corrected chi connectivity index (χ3v) is 4.38. The monoisotopic (exact) mass is 241 g/mol. The van der Waals surface area contributed by atoms with Crippen molar-refractivity contribution < 1.29 is 13.2 Å². The average molecular weight is 242 g/mol. The fourth-order valence-electron chi connectivity index (χ4n) is 1.42. The second-order valence-corrected chi connectivity index (χ2v) is 6.01. The second-order valence-electron chi connectivity index (χ2n) is 3.54. The van der Waals surface area contributed by atoms with Gasteiger partial charge in [0.1, 0.15) is 0 Å². The first-order valence-corrected chi connectivity index (χ1v) is 6.82. The molecule has 84 valence electrons. The van der Waals surface area contributed by atoms with E-state index in [4.69, 9.17) is 16.3 Å². The molecule has 1 atom stereocenters. The minimum absolute atomic E-state index is 0.0152. The summed E-state index contributed by atoms with van der Waals surface area (Å²) in [5, 5.41) is 0. The van der Waals surface area contributed by atoms with Crippen LogP contribution >= 0.6 is 11.6 Å². The Labute approximate surface area is 90.2 Å². The highest BCUT2D eigenvalue weighted by molar-refractivity contribution is 7.89. The number of halogens is 1. The maximum atomic E-state index is 11.7. The van der Waals surface area contributed by atoms with Gasteiger partial charge in [-0.3, -0.25) is 0 Å². The Balaban J connectivity index is 2.65. The zero-order chi connectivity index (χ0) is 10.6. The molecule has 0 aliphatic carbocycles. The summed E-state index contributed by atoms with van der Waals surface area (Å²) in [7, 11) is -3.17. The minimum atomic E-state index is -3.17. The average Bonchev–Trinajstić information content (AvgIpc) is 2.30. The summed E-state index contributed by atoms with van der Waals surface area (Å²) in [4.78, 5) is 0. The van der Waals surface area contributed by atoms with E-state index < -0.39 is 10.0 Å². The van der Waals surface area contributed by atoms with E-state index in [0.717, 1.165) is 0 Å². The van der Waals surface area contributed by atoms with Gasteiger partial charge in [0.2, 0.25) is 10.0 Å². The SMILES string of the molecule is CC1COCCN(S(=O)(=O)CCCl)C1. The summed E-state index contributed by atoms with van der Waals surface area (Å²) in [5.41, 5.74) is 0. The first kappa shape index (κ1) is 12.2. The lowest BCUT2D eigenvalue weighted by Crippen LogP contribution is -2.37. The lowest BCUT2D eigenvalue weighted by molar-refractivity contribution is 0.128. The van der Waals surface area contributed by atoms with E-state index in [1.165, 1.54) is 4.31 Å². The van der Waals surface area contributed by atoms with Gasteiger partial charge in [-0.2, -0.15) is 4.31 Å². The summed E-state index contributed by atoms with van der Waals surface area (Å²) >= 11 is 5.45. The van der Waals surface area contributed by atoms with Crippen molar-refractivity contribution >= 4 is 21.6 Å². The van der Waals surface area contributed by atoms with Gasteiger partial charge in [-0.1, -0.05) is 6.92 Å². The molecule has 1 heterocycles. The highest BCUT2D eigenvalue weighted by Gasteiger charge is 2.25. The lowest BCUT2D eigenvalue weighted by Gasteiger charge is -2.20. The molecule has 0 N–H and O–H groups in total. The number of rotatable bonds is 3. The molecule has 0 amide bonds. The van der Waals surface area contributed by atoms with Crippen LogP contribution in [0.1, 0.15) is 6.92 Å². The number of sulfonamides is 1. The van der Waals surface area contributed by atoms with Crippen molar-refractivity contribution in [3.8, 4) is 0 Å². The van der Waals surface area contributed by atoms with Crippen LogP contribution in [0.3, 0.4) is 0 Å². The van der Waals surface area contributed by atoms with Crippen LogP contribution < -0.4 is 0 Å². The smallest absolute Gasteiger partial charge is 0.215 e. The standard InChI is InChI=1S/C8H16ClNO3S/c1-8-6-10(3-4-13-7-8)14(11,12)5-2-9/h8H,2-7H2,1H3. The summed E-state index contributed by atoms with van der Waals surface area (Å²) < 4.78 is 30.1. The quantitative estimate of drug-likeness (QED) is 0.677. The molecule has 1 unspecified atom stereocenters. The van der Waals surface area contributed by atoms with Crippen molar-refractivity contribution in [1.29, 1.82) is 0 Å². The molecular formula is C8H16ClNO3S. The van der Waals surface area contributed by atoms with Gasteiger partial charge in [0.15, 0.2) is 0 Å². The Morgan fingerprint density at radius 2 is 2.29 bits per heavy atom. The second kappa shape index (κ2) is 5.30. The van der Waals surface area contributed by atoms with Gasteiger partial charge in [0, 0.05) is 19.0 Å². The van der Waals surface area contributed by atoms with Crippen molar-refractivity contribution in [2.45, 2.75) is 6.92 Å². The fraction of sp³-hybridized carbons (Fsp3) is 1.00. The van der Waals surface area contributed by atoms with E-state index >= 15 is 0 Å². The third-order valence-electron chi connectivity index (χ3n) is 2.13. The van der Waals surface area contributed by atoms with Crippen molar-refractivity contribution in [2.24, 2.45) is 5.92 Å². The molecule has 6 heteroatoms. The topological polar surface area (TPSA) is 46.6 Å². The van der Waals surface area contributed by atoms with Crippen molar-refractivity contribution in [1.82, 2.24) is 4.31 Å². The molecule has 0 radical (unpaired) electrons. The zero-order valence-corrected chi connectivity index (χ0v) is 9.85. The predicted octanol–water partition coefficient (Wildman–Crippen LogP) is 0.523. The van der Waals surface area contributed by atoms with E-state index in [1.807, 2.05) is 6.92 Å². The van der Waals surface area contributed by atoms with Crippen molar-refractivity contribution in [3.63, 3.8) is 0 Å². The van der Waals surface area contributed by atoms with Crippen LogP contribution in [0, 0.1) is 5.92 Å². The number of alkyl halides is 1. The maximum absolute atomic E-state index is 11.7. The van der Waals surface area contributed by atoms with E-state index in [2.05, 4.69) is 0 Å². The van der Waals surface area contributed by atoms with Crippen LogP contribution in [0.25, 0.3) is 0 Å². The lowest BCUT2D eigenvalue weighted by atomic mass is 10.2. The molecule has 1 aliphatic heterocycles. The largest absolute Gasteiger partial charge is 0.380 e. The Morgan fingerprint density at radius 1 is 1.57 bits per heavy atom. The fourth-order valence-corrected chi connectivity index (χ4v) is 3.29. The zero-order valence-electron chi connectivity index (χ0n) is 8.28. The molecule has 0 aromatic heterocycles. The van der Waals surface area contributed by atoms with Crippen molar-refractivity contribution in [3.05, 3.63) is 0 Å². The number of hydrogen-bond acceptors (Lipinski definition) is 3. The van der Waals surface area contributed by atoms with Gasteiger partial charge < -0.3 is 4.74 Å².